The number of aliphatic hydroxyl groups excluding tert-OH is 1. The van der Waals surface area contributed by atoms with Crippen molar-refractivity contribution in [2.24, 2.45) is 0 Å². The van der Waals surface area contributed by atoms with Gasteiger partial charge in [0, 0.05) is 0 Å². The van der Waals surface area contributed by atoms with Crippen molar-refractivity contribution in [1.29, 1.82) is 10.8 Å². The summed E-state index contributed by atoms with van der Waals surface area (Å²) in [7, 11) is 0. The molecule has 0 aliphatic rings. The fraction of sp³-hybridized carbons (Fsp3) is 0.667. The maximum atomic E-state index is 8.35. The lowest BCUT2D eigenvalue weighted by Gasteiger charge is -1.94. The molecule has 0 saturated heterocycles. The number of nitrogens with one attached hydrogen (secondary N) is 2. The van der Waals surface area contributed by atoms with Crippen LogP contribution in [0.1, 0.15) is 19.8 Å². The SMILES string of the molecule is CCCC(O)O.N=C=O.N=C=O. The van der Waals surface area contributed by atoms with Crippen LogP contribution in [0, 0.1) is 10.8 Å². The van der Waals surface area contributed by atoms with Crippen LogP contribution in [0.25, 0.3) is 0 Å². The van der Waals surface area contributed by atoms with E-state index in [-0.39, 0.29) is 0 Å². The fourth-order valence-corrected chi connectivity index (χ4v) is 0.258. The first kappa shape index (κ1) is 17.0. The van der Waals surface area contributed by atoms with Crippen molar-refractivity contribution >= 4 is 12.2 Å². The molecule has 0 amide bonds. The van der Waals surface area contributed by atoms with E-state index in [9.17, 15) is 0 Å². The van der Waals surface area contributed by atoms with E-state index >= 15 is 0 Å². The molecule has 0 bridgehead atoms. The van der Waals surface area contributed by atoms with Gasteiger partial charge in [-0.1, -0.05) is 13.3 Å². The Hall–Kier alpha value is -1.32. The van der Waals surface area contributed by atoms with Crippen molar-refractivity contribution in [3.8, 4) is 0 Å². The lowest BCUT2D eigenvalue weighted by atomic mass is 10.3. The molecule has 0 unspecified atom stereocenters. The molecule has 6 nitrogen and oxygen atoms in total. The van der Waals surface area contributed by atoms with Crippen molar-refractivity contribution in [3.63, 3.8) is 0 Å². The van der Waals surface area contributed by atoms with E-state index in [0.29, 0.717) is 6.42 Å². The Morgan fingerprint density at radius 1 is 1.25 bits per heavy atom. The lowest BCUT2D eigenvalue weighted by Crippen LogP contribution is -2.01. The van der Waals surface area contributed by atoms with E-state index < -0.39 is 6.29 Å². The maximum Gasteiger partial charge on any atom is 0.231 e. The largest absolute Gasteiger partial charge is 0.368 e. The Morgan fingerprint density at radius 2 is 1.50 bits per heavy atom. The zero-order valence-electron chi connectivity index (χ0n) is 6.70. The number of rotatable bonds is 2. The van der Waals surface area contributed by atoms with Crippen LogP contribution < -0.4 is 0 Å². The van der Waals surface area contributed by atoms with Crippen LogP contribution in [-0.2, 0) is 9.59 Å². The molecule has 0 aromatic heterocycles. The number of isocyanates is 2. The Morgan fingerprint density at radius 3 is 1.50 bits per heavy atom. The summed E-state index contributed by atoms with van der Waals surface area (Å²) in [6, 6.07) is 0. The molecule has 6 heteroatoms. The molecule has 4 N–H and O–H groups in total. The van der Waals surface area contributed by atoms with Crippen LogP contribution in [-0.4, -0.2) is 28.7 Å². The zero-order chi connectivity index (χ0) is 10.4. The monoisotopic (exact) mass is 176 g/mol. The van der Waals surface area contributed by atoms with Gasteiger partial charge in [-0.3, -0.25) is 0 Å². The molecule has 0 spiro atoms. The Bertz CT molecular complexity index is 122. The molecule has 0 fully saturated rings. The van der Waals surface area contributed by atoms with E-state index in [4.69, 9.17) is 30.6 Å². The molecule has 0 rings (SSSR count). The molecule has 0 aliphatic carbocycles. The second kappa shape index (κ2) is 22.6. The van der Waals surface area contributed by atoms with E-state index in [1.54, 1.807) is 0 Å². The third kappa shape index (κ3) is 181. The first-order valence-electron chi connectivity index (χ1n) is 3.04. The summed E-state index contributed by atoms with van der Waals surface area (Å²) >= 11 is 0. The highest BCUT2D eigenvalue weighted by Gasteiger charge is 1.89. The average Bonchev–Trinajstić information content (AvgIpc) is 1.89. The van der Waals surface area contributed by atoms with Crippen LogP contribution in [0.5, 0.6) is 0 Å². The Kier molecular flexibility index (Phi) is 32.0. The minimum absolute atomic E-state index is 0.486. The number of hydrogen-bond donors (Lipinski definition) is 4. The van der Waals surface area contributed by atoms with Gasteiger partial charge in [0.1, 0.15) is 0 Å². The highest BCUT2D eigenvalue weighted by atomic mass is 16.5. The molecule has 0 aliphatic heterocycles. The summed E-state index contributed by atoms with van der Waals surface area (Å²) in [5, 5.41) is 27.0. The molecule has 0 aromatic rings. The summed E-state index contributed by atoms with van der Waals surface area (Å²) < 4.78 is 0. The number of aliphatic hydroxyl groups is 2. The number of carbonyl (C=O) groups excluding carboxylic acids is 2. The third-order valence-electron chi connectivity index (χ3n) is 0.547. The first-order chi connectivity index (χ1) is 5.60. The van der Waals surface area contributed by atoms with Gasteiger partial charge in [-0.15, -0.1) is 0 Å². The van der Waals surface area contributed by atoms with Gasteiger partial charge in [0.2, 0.25) is 12.2 Å². The van der Waals surface area contributed by atoms with Gasteiger partial charge in [-0.2, -0.15) is 0 Å². The second-order valence-corrected chi connectivity index (χ2v) is 1.47. The molecule has 12 heavy (non-hydrogen) atoms. The van der Waals surface area contributed by atoms with Gasteiger partial charge in [-0.25, -0.2) is 20.4 Å². The Labute approximate surface area is 69.9 Å². The van der Waals surface area contributed by atoms with Crippen LogP contribution >= 0.6 is 0 Å². The quantitative estimate of drug-likeness (QED) is 0.266. The lowest BCUT2D eigenvalue weighted by molar-refractivity contribution is -0.0453. The summed E-state index contributed by atoms with van der Waals surface area (Å²) in [4.78, 5) is 16.7. The van der Waals surface area contributed by atoms with Gasteiger partial charge in [0.15, 0.2) is 6.29 Å². The second-order valence-electron chi connectivity index (χ2n) is 1.47. The van der Waals surface area contributed by atoms with Gasteiger partial charge in [0.25, 0.3) is 0 Å². The number of hydrogen-bond acceptors (Lipinski definition) is 6. The molecule has 0 heterocycles. The van der Waals surface area contributed by atoms with Crippen molar-refractivity contribution < 1.29 is 19.8 Å². The summed E-state index contributed by atoms with van der Waals surface area (Å²) in [5.74, 6) is 0. The van der Waals surface area contributed by atoms with E-state index in [1.807, 2.05) is 6.92 Å². The van der Waals surface area contributed by atoms with Crippen molar-refractivity contribution in [1.82, 2.24) is 0 Å². The van der Waals surface area contributed by atoms with Crippen LogP contribution in [0.3, 0.4) is 0 Å². The molecule has 70 valence electrons. The highest BCUT2D eigenvalue weighted by Crippen LogP contribution is 1.88. The maximum absolute atomic E-state index is 8.35. The van der Waals surface area contributed by atoms with Crippen molar-refractivity contribution in [2.45, 2.75) is 26.1 Å². The summed E-state index contributed by atoms with van der Waals surface area (Å²) in [6.07, 6.45) is 1.72. The van der Waals surface area contributed by atoms with E-state index in [0.717, 1.165) is 18.6 Å². The van der Waals surface area contributed by atoms with E-state index in [2.05, 4.69) is 0 Å². The van der Waals surface area contributed by atoms with Crippen LogP contribution in [0.15, 0.2) is 0 Å². The minimum atomic E-state index is -1.10. The molecular weight excluding hydrogens is 164 g/mol. The smallest absolute Gasteiger partial charge is 0.231 e. The zero-order valence-corrected chi connectivity index (χ0v) is 6.70. The molecule has 0 aromatic carbocycles. The van der Waals surface area contributed by atoms with Gasteiger partial charge in [0.05, 0.1) is 0 Å². The van der Waals surface area contributed by atoms with Gasteiger partial charge < -0.3 is 10.2 Å². The topological polar surface area (TPSA) is 122 Å². The van der Waals surface area contributed by atoms with Crippen molar-refractivity contribution in [2.75, 3.05) is 0 Å². The molecule has 0 atom stereocenters. The Balaban J connectivity index is -0.000000115. The summed E-state index contributed by atoms with van der Waals surface area (Å²) in [6.45, 7) is 1.90. The van der Waals surface area contributed by atoms with Gasteiger partial charge in [-0.05, 0) is 6.42 Å². The standard InChI is InChI=1S/C4H10O2.2CHNO/c1-2-3-4(5)6;2*2-1-3/h4-6H,2-3H2,1H3;2*2H. The first-order valence-corrected chi connectivity index (χ1v) is 3.04. The van der Waals surface area contributed by atoms with Crippen molar-refractivity contribution in [3.05, 3.63) is 0 Å². The fourth-order valence-electron chi connectivity index (χ4n) is 0.258. The predicted molar refractivity (Wildman–Crippen MR) is 40.0 cm³/mol. The molecular formula is C6H12N2O4. The van der Waals surface area contributed by atoms with E-state index in [1.165, 1.54) is 0 Å². The highest BCUT2D eigenvalue weighted by molar-refractivity contribution is 5.26. The van der Waals surface area contributed by atoms with Gasteiger partial charge >= 0.3 is 0 Å². The van der Waals surface area contributed by atoms with Crippen LogP contribution in [0.2, 0.25) is 0 Å². The summed E-state index contributed by atoms with van der Waals surface area (Å²) in [5.41, 5.74) is 0. The molecule has 0 saturated carbocycles. The minimum Gasteiger partial charge on any atom is -0.368 e. The third-order valence-corrected chi connectivity index (χ3v) is 0.547. The van der Waals surface area contributed by atoms with Crippen LogP contribution in [0.4, 0.5) is 0 Å². The predicted octanol–water partition coefficient (Wildman–Crippen LogP) is -0.101. The normalized spacial score (nSPS) is 6.33. The average molecular weight is 176 g/mol. The molecule has 0 radical (unpaired) electrons.